The molecule has 0 heterocycles. The van der Waals surface area contributed by atoms with E-state index in [1.165, 1.54) is 0 Å². The van der Waals surface area contributed by atoms with Crippen molar-refractivity contribution in [2.45, 2.75) is 37.5 Å². The summed E-state index contributed by atoms with van der Waals surface area (Å²) in [7, 11) is 0. The fraction of sp³-hybridized carbons (Fsp3) is 0.233. The van der Waals surface area contributed by atoms with Crippen molar-refractivity contribution in [1.29, 1.82) is 0 Å². The molecule has 234 valence electrons. The van der Waals surface area contributed by atoms with E-state index < -0.39 is 42.0 Å². The molecule has 3 amide bonds. The van der Waals surface area contributed by atoms with Crippen LogP contribution in [0.25, 0.3) is 11.1 Å². The van der Waals surface area contributed by atoms with Gasteiger partial charge in [0.15, 0.2) is 5.96 Å². The number of rotatable bonds is 12. The van der Waals surface area contributed by atoms with Gasteiger partial charge in [0.25, 0.3) is 5.91 Å². The number of guanidine groups is 1. The number of aliphatic imine (C=N–C) groups is 1. The Bertz CT molecular complexity index is 1410. The van der Waals surface area contributed by atoms with Crippen molar-refractivity contribution in [1.82, 2.24) is 10.6 Å². The summed E-state index contributed by atoms with van der Waals surface area (Å²) in [4.78, 5) is 51.1. The average molecular weight is 615 g/mol. The first-order valence-corrected chi connectivity index (χ1v) is 13.2. The summed E-state index contributed by atoms with van der Waals surface area (Å²) in [6, 6.07) is 24.3. The minimum Gasteiger partial charge on any atom is -0.475 e. The molecule has 0 aliphatic heterocycles. The smallest absolute Gasteiger partial charge is 0.475 e. The zero-order valence-electron chi connectivity index (χ0n) is 23.5. The molecule has 0 aliphatic rings. The second-order valence-electron chi connectivity index (χ2n) is 9.37. The summed E-state index contributed by atoms with van der Waals surface area (Å²) in [5, 5.41) is 12.6. The Morgan fingerprint density at radius 3 is 1.80 bits per heavy atom. The number of nitrogens with one attached hydrogen (secondary N) is 2. The third kappa shape index (κ3) is 12.2. The molecule has 0 bridgehead atoms. The number of carbonyl (C=O) groups is 4. The van der Waals surface area contributed by atoms with Crippen LogP contribution >= 0.6 is 0 Å². The van der Waals surface area contributed by atoms with Crippen molar-refractivity contribution in [3.05, 3.63) is 96.1 Å². The van der Waals surface area contributed by atoms with Gasteiger partial charge in [0.1, 0.15) is 12.1 Å². The molecule has 14 heteroatoms. The second kappa shape index (κ2) is 16.9. The lowest BCUT2D eigenvalue weighted by molar-refractivity contribution is -0.192. The molecule has 3 aromatic rings. The number of carboxylic acids is 1. The monoisotopic (exact) mass is 614 g/mol. The summed E-state index contributed by atoms with van der Waals surface area (Å²) in [5.41, 5.74) is 19.6. The van der Waals surface area contributed by atoms with Crippen LogP contribution in [0.15, 0.2) is 89.9 Å². The van der Waals surface area contributed by atoms with Crippen LogP contribution in [0.3, 0.4) is 0 Å². The van der Waals surface area contributed by atoms with Crippen molar-refractivity contribution in [2.24, 2.45) is 22.2 Å². The average Bonchev–Trinajstić information content (AvgIpc) is 2.99. The van der Waals surface area contributed by atoms with Gasteiger partial charge in [0.05, 0.1) is 0 Å². The highest BCUT2D eigenvalue weighted by Gasteiger charge is 2.38. The van der Waals surface area contributed by atoms with Crippen molar-refractivity contribution in [2.75, 3.05) is 6.54 Å². The van der Waals surface area contributed by atoms with E-state index in [4.69, 9.17) is 27.1 Å². The van der Waals surface area contributed by atoms with E-state index in [2.05, 4.69) is 15.6 Å². The minimum absolute atomic E-state index is 0.0554. The Morgan fingerprint density at radius 1 is 0.773 bits per heavy atom. The molecule has 44 heavy (non-hydrogen) atoms. The quantitative estimate of drug-likeness (QED) is 0.102. The fourth-order valence-corrected chi connectivity index (χ4v) is 3.80. The first kappa shape index (κ1) is 34.8. The molecule has 0 saturated heterocycles. The van der Waals surface area contributed by atoms with Crippen LogP contribution in [-0.2, 0) is 20.8 Å². The van der Waals surface area contributed by atoms with Crippen LogP contribution in [-0.4, -0.2) is 59.6 Å². The van der Waals surface area contributed by atoms with Crippen LogP contribution < -0.4 is 27.8 Å². The number of amides is 3. The normalized spacial score (nSPS) is 12.0. The lowest BCUT2D eigenvalue weighted by atomic mass is 10.0. The third-order valence-electron chi connectivity index (χ3n) is 6.01. The van der Waals surface area contributed by atoms with Gasteiger partial charge in [0.2, 0.25) is 11.8 Å². The highest BCUT2D eigenvalue weighted by atomic mass is 19.4. The highest BCUT2D eigenvalue weighted by Crippen LogP contribution is 2.19. The number of aliphatic carboxylic acids is 1. The number of benzene rings is 3. The Kier molecular flexibility index (Phi) is 13.4. The zero-order valence-corrected chi connectivity index (χ0v) is 23.5. The first-order valence-electron chi connectivity index (χ1n) is 13.2. The number of halogens is 3. The van der Waals surface area contributed by atoms with Crippen LogP contribution in [0.4, 0.5) is 13.2 Å². The predicted octanol–water partition coefficient (Wildman–Crippen LogP) is 2.35. The zero-order chi connectivity index (χ0) is 32.7. The topological polar surface area (TPSA) is 203 Å². The summed E-state index contributed by atoms with van der Waals surface area (Å²) in [6.45, 7) is 0.289. The predicted molar refractivity (Wildman–Crippen MR) is 158 cm³/mol. The lowest BCUT2D eigenvalue weighted by Crippen LogP contribution is -2.53. The molecule has 0 aliphatic carbocycles. The van der Waals surface area contributed by atoms with E-state index in [0.29, 0.717) is 12.0 Å². The molecule has 0 fully saturated rings. The Morgan fingerprint density at radius 2 is 1.30 bits per heavy atom. The molecule has 0 radical (unpaired) electrons. The Labute approximate surface area is 251 Å². The van der Waals surface area contributed by atoms with Gasteiger partial charge in [-0.15, -0.1) is 0 Å². The number of carbonyl (C=O) groups excluding carboxylic acids is 3. The van der Waals surface area contributed by atoms with E-state index in [9.17, 15) is 27.6 Å². The van der Waals surface area contributed by atoms with Gasteiger partial charge >= 0.3 is 12.1 Å². The van der Waals surface area contributed by atoms with Gasteiger partial charge in [-0.1, -0.05) is 72.8 Å². The molecule has 9 N–H and O–H groups in total. The number of primary amides is 1. The van der Waals surface area contributed by atoms with Gasteiger partial charge in [-0.05, 0) is 41.7 Å². The van der Waals surface area contributed by atoms with Gasteiger partial charge in [-0.2, -0.15) is 13.2 Å². The summed E-state index contributed by atoms with van der Waals surface area (Å²) >= 11 is 0. The Balaban J connectivity index is 0.000000860. The number of nitrogens with zero attached hydrogens (tertiary/aromatic N) is 1. The van der Waals surface area contributed by atoms with Crippen LogP contribution in [0, 0.1) is 0 Å². The fourth-order valence-electron chi connectivity index (χ4n) is 3.80. The standard InChI is InChI=1S/C28H32N6O3.C2HF3O2/c29-25(35)24(18-19-8-3-1-4-9-19)34-27(37)23(12-7-17-32-28(30)31)33-26(36)22-15-13-21(14-16-22)20-10-5-2-6-11-20;3-2(4,5)1(6)7/h1-6,8-11,13-16,23-24H,7,12,17-18H2,(H2,29,35)(H,33,36)(H,34,37)(H4,30,31,32);(H,6,7)/t23-,24-;/m1./s1. The van der Waals surface area contributed by atoms with Gasteiger partial charge in [0, 0.05) is 18.5 Å². The number of carboxylic acid groups (broad SMARTS) is 1. The molecule has 0 saturated carbocycles. The summed E-state index contributed by atoms with van der Waals surface area (Å²) in [5.74, 6) is -4.41. The number of hydrogen-bond donors (Lipinski definition) is 6. The SMILES string of the molecule is NC(=O)[C@@H](Cc1ccccc1)NC(=O)[C@@H](CCCN=C(N)N)NC(=O)c1ccc(-c2ccccc2)cc1.O=C(O)C(F)(F)F. The largest absolute Gasteiger partial charge is 0.490 e. The molecule has 2 atom stereocenters. The lowest BCUT2D eigenvalue weighted by Gasteiger charge is -2.22. The number of alkyl halides is 3. The van der Waals surface area contributed by atoms with E-state index in [0.717, 1.165) is 16.7 Å². The van der Waals surface area contributed by atoms with Gasteiger partial charge in [-0.3, -0.25) is 19.4 Å². The number of nitrogens with two attached hydrogens (primary N) is 3. The van der Waals surface area contributed by atoms with E-state index in [-0.39, 0.29) is 25.3 Å². The van der Waals surface area contributed by atoms with Gasteiger partial charge in [-0.25, -0.2) is 4.79 Å². The number of hydrogen-bond acceptors (Lipinski definition) is 5. The molecule has 0 unspecified atom stereocenters. The van der Waals surface area contributed by atoms with E-state index in [1.54, 1.807) is 12.1 Å². The van der Waals surface area contributed by atoms with Crippen LogP contribution in [0.5, 0.6) is 0 Å². The molecule has 3 rings (SSSR count). The maximum Gasteiger partial charge on any atom is 0.490 e. The maximum absolute atomic E-state index is 13.2. The molecule has 11 nitrogen and oxygen atoms in total. The molecule has 3 aromatic carbocycles. The molecule has 0 aromatic heterocycles. The third-order valence-corrected chi connectivity index (χ3v) is 6.01. The first-order chi connectivity index (χ1) is 20.8. The highest BCUT2D eigenvalue weighted by molar-refractivity contribution is 5.98. The summed E-state index contributed by atoms with van der Waals surface area (Å²) in [6.07, 6.45) is -4.16. The van der Waals surface area contributed by atoms with Crippen molar-refractivity contribution in [3.63, 3.8) is 0 Å². The molecule has 0 spiro atoms. The second-order valence-corrected chi connectivity index (χ2v) is 9.37. The van der Waals surface area contributed by atoms with Crippen molar-refractivity contribution >= 4 is 29.7 Å². The van der Waals surface area contributed by atoms with Crippen molar-refractivity contribution in [3.8, 4) is 11.1 Å². The van der Waals surface area contributed by atoms with Crippen LogP contribution in [0.1, 0.15) is 28.8 Å². The minimum atomic E-state index is -5.08. The van der Waals surface area contributed by atoms with E-state index >= 15 is 0 Å². The molecular weight excluding hydrogens is 581 g/mol. The maximum atomic E-state index is 13.2. The summed E-state index contributed by atoms with van der Waals surface area (Å²) < 4.78 is 31.7. The Hall–Kier alpha value is -5.40. The van der Waals surface area contributed by atoms with E-state index in [1.807, 2.05) is 72.8 Å². The van der Waals surface area contributed by atoms with Crippen LogP contribution in [0.2, 0.25) is 0 Å². The molecular formula is C30H33F3N6O5. The van der Waals surface area contributed by atoms with Crippen molar-refractivity contribution < 1.29 is 37.5 Å². The van der Waals surface area contributed by atoms with Gasteiger partial charge < -0.3 is 32.9 Å².